The highest BCUT2D eigenvalue weighted by atomic mass is 32.2. The Morgan fingerprint density at radius 2 is 1.89 bits per heavy atom. The standard InChI is InChI=1S/C12H20N2O3S/c1-4-13-11-5-7-12(8-6-11)18(15,16)14-10(2)9-17-3/h5-8,10,13-14H,4,9H2,1-3H3. The smallest absolute Gasteiger partial charge is 0.240 e. The molecule has 0 amide bonds. The molecular weight excluding hydrogens is 252 g/mol. The van der Waals surface area contributed by atoms with E-state index in [0.717, 1.165) is 12.2 Å². The molecular formula is C12H20N2O3S. The van der Waals surface area contributed by atoms with E-state index in [1.54, 1.807) is 31.2 Å². The first kappa shape index (κ1) is 14.9. The minimum Gasteiger partial charge on any atom is -0.385 e. The molecule has 1 aromatic rings. The molecule has 0 bridgehead atoms. The lowest BCUT2D eigenvalue weighted by molar-refractivity contribution is 0.180. The van der Waals surface area contributed by atoms with Gasteiger partial charge in [-0.2, -0.15) is 0 Å². The van der Waals surface area contributed by atoms with Gasteiger partial charge in [0.05, 0.1) is 11.5 Å². The van der Waals surface area contributed by atoms with E-state index in [0.29, 0.717) is 6.61 Å². The Bertz CT molecular complexity index is 457. The van der Waals surface area contributed by atoms with E-state index in [1.807, 2.05) is 6.92 Å². The molecule has 1 atom stereocenters. The number of benzene rings is 1. The van der Waals surface area contributed by atoms with Gasteiger partial charge < -0.3 is 10.1 Å². The number of ether oxygens (including phenoxy) is 1. The normalized spacial score (nSPS) is 13.3. The Morgan fingerprint density at radius 1 is 1.28 bits per heavy atom. The number of hydrogen-bond donors (Lipinski definition) is 2. The van der Waals surface area contributed by atoms with Crippen molar-refractivity contribution in [3.05, 3.63) is 24.3 Å². The lowest BCUT2D eigenvalue weighted by Gasteiger charge is -2.13. The van der Waals surface area contributed by atoms with Crippen LogP contribution >= 0.6 is 0 Å². The highest BCUT2D eigenvalue weighted by Gasteiger charge is 2.16. The van der Waals surface area contributed by atoms with Gasteiger partial charge in [0, 0.05) is 25.4 Å². The summed E-state index contributed by atoms with van der Waals surface area (Å²) in [7, 11) is -1.93. The maximum absolute atomic E-state index is 12.0. The van der Waals surface area contributed by atoms with E-state index in [4.69, 9.17) is 4.74 Å². The Morgan fingerprint density at radius 3 is 2.39 bits per heavy atom. The molecule has 0 saturated heterocycles. The number of rotatable bonds is 7. The van der Waals surface area contributed by atoms with Crippen LogP contribution in [-0.2, 0) is 14.8 Å². The second-order valence-corrected chi connectivity index (χ2v) is 5.75. The first-order valence-corrected chi connectivity index (χ1v) is 7.33. The number of methoxy groups -OCH3 is 1. The van der Waals surface area contributed by atoms with Gasteiger partial charge in [0.1, 0.15) is 0 Å². The Hall–Kier alpha value is -1.11. The maximum atomic E-state index is 12.0. The van der Waals surface area contributed by atoms with Crippen molar-refractivity contribution in [1.82, 2.24) is 4.72 Å². The third-order valence-electron chi connectivity index (χ3n) is 2.32. The summed E-state index contributed by atoms with van der Waals surface area (Å²) in [5.74, 6) is 0. The molecule has 18 heavy (non-hydrogen) atoms. The summed E-state index contributed by atoms with van der Waals surface area (Å²) >= 11 is 0. The third-order valence-corrected chi connectivity index (χ3v) is 3.92. The van der Waals surface area contributed by atoms with Crippen molar-refractivity contribution in [2.75, 3.05) is 25.6 Å². The topological polar surface area (TPSA) is 67.4 Å². The van der Waals surface area contributed by atoms with Gasteiger partial charge in [0.15, 0.2) is 0 Å². The molecule has 102 valence electrons. The van der Waals surface area contributed by atoms with Crippen molar-refractivity contribution in [1.29, 1.82) is 0 Å². The first-order valence-electron chi connectivity index (χ1n) is 5.84. The molecule has 0 aliphatic carbocycles. The van der Waals surface area contributed by atoms with Crippen LogP contribution in [-0.4, -0.2) is 34.7 Å². The lowest BCUT2D eigenvalue weighted by Crippen LogP contribution is -2.35. The molecule has 2 N–H and O–H groups in total. The average molecular weight is 272 g/mol. The van der Waals surface area contributed by atoms with Gasteiger partial charge in [0.25, 0.3) is 0 Å². The SMILES string of the molecule is CCNc1ccc(S(=O)(=O)NC(C)COC)cc1. The summed E-state index contributed by atoms with van der Waals surface area (Å²) in [5, 5.41) is 3.11. The molecule has 1 rings (SSSR count). The first-order chi connectivity index (χ1) is 8.49. The van der Waals surface area contributed by atoms with Crippen LogP contribution < -0.4 is 10.0 Å². The van der Waals surface area contributed by atoms with Gasteiger partial charge in [-0.05, 0) is 38.1 Å². The van der Waals surface area contributed by atoms with Crippen molar-refractivity contribution >= 4 is 15.7 Å². The predicted octanol–water partition coefficient (Wildman–Crippen LogP) is 1.43. The summed E-state index contributed by atoms with van der Waals surface area (Å²) in [5.41, 5.74) is 0.904. The zero-order chi connectivity index (χ0) is 13.6. The molecule has 1 aromatic carbocycles. The van der Waals surface area contributed by atoms with Crippen LogP contribution in [0.2, 0.25) is 0 Å². The summed E-state index contributed by atoms with van der Waals surface area (Å²) in [4.78, 5) is 0.257. The van der Waals surface area contributed by atoms with Crippen LogP contribution in [0.5, 0.6) is 0 Å². The molecule has 5 nitrogen and oxygen atoms in total. The summed E-state index contributed by atoms with van der Waals surface area (Å²) < 4.78 is 31.5. The minimum atomic E-state index is -3.47. The van der Waals surface area contributed by atoms with Gasteiger partial charge in [0.2, 0.25) is 10.0 Å². The van der Waals surface area contributed by atoms with Gasteiger partial charge in [-0.25, -0.2) is 13.1 Å². The molecule has 6 heteroatoms. The molecule has 0 saturated carbocycles. The molecule has 1 unspecified atom stereocenters. The number of nitrogens with one attached hydrogen (secondary N) is 2. The number of sulfonamides is 1. The zero-order valence-corrected chi connectivity index (χ0v) is 11.8. The monoisotopic (exact) mass is 272 g/mol. The lowest BCUT2D eigenvalue weighted by atomic mass is 10.3. The van der Waals surface area contributed by atoms with Crippen LogP contribution in [0, 0.1) is 0 Å². The molecule has 0 radical (unpaired) electrons. The highest BCUT2D eigenvalue weighted by Crippen LogP contribution is 2.14. The minimum absolute atomic E-state index is 0.256. The fraction of sp³-hybridized carbons (Fsp3) is 0.500. The molecule has 0 fully saturated rings. The maximum Gasteiger partial charge on any atom is 0.240 e. The second kappa shape index (κ2) is 6.72. The van der Waals surface area contributed by atoms with Crippen molar-refractivity contribution in [2.45, 2.75) is 24.8 Å². The second-order valence-electron chi connectivity index (χ2n) is 4.03. The van der Waals surface area contributed by atoms with E-state index in [9.17, 15) is 8.42 Å². The van der Waals surface area contributed by atoms with Crippen molar-refractivity contribution in [3.63, 3.8) is 0 Å². The molecule has 0 spiro atoms. The van der Waals surface area contributed by atoms with E-state index >= 15 is 0 Å². The average Bonchev–Trinajstić information content (AvgIpc) is 2.29. The number of anilines is 1. The Labute approximate surface area is 109 Å². The molecule has 0 heterocycles. The molecule has 0 aliphatic rings. The van der Waals surface area contributed by atoms with Crippen molar-refractivity contribution in [3.8, 4) is 0 Å². The molecule has 0 aromatic heterocycles. The number of hydrogen-bond acceptors (Lipinski definition) is 4. The van der Waals surface area contributed by atoms with E-state index in [-0.39, 0.29) is 10.9 Å². The fourth-order valence-corrected chi connectivity index (χ4v) is 2.80. The quantitative estimate of drug-likeness (QED) is 0.788. The van der Waals surface area contributed by atoms with E-state index < -0.39 is 10.0 Å². The van der Waals surface area contributed by atoms with E-state index in [2.05, 4.69) is 10.0 Å². The zero-order valence-electron chi connectivity index (χ0n) is 10.9. The van der Waals surface area contributed by atoms with Crippen molar-refractivity contribution in [2.24, 2.45) is 0 Å². The Kier molecular flexibility index (Phi) is 5.58. The van der Waals surface area contributed by atoms with Crippen molar-refractivity contribution < 1.29 is 13.2 Å². The van der Waals surface area contributed by atoms with Gasteiger partial charge in [-0.15, -0.1) is 0 Å². The summed E-state index contributed by atoms with van der Waals surface area (Å²) in [6.07, 6.45) is 0. The van der Waals surface area contributed by atoms with E-state index in [1.165, 1.54) is 7.11 Å². The van der Waals surface area contributed by atoms with Crippen LogP contribution in [0.4, 0.5) is 5.69 Å². The van der Waals surface area contributed by atoms with Crippen LogP contribution in [0.3, 0.4) is 0 Å². The van der Waals surface area contributed by atoms with Gasteiger partial charge in [-0.3, -0.25) is 0 Å². The summed E-state index contributed by atoms with van der Waals surface area (Å²) in [6, 6.07) is 6.41. The molecule has 0 aliphatic heterocycles. The largest absolute Gasteiger partial charge is 0.385 e. The fourth-order valence-electron chi connectivity index (χ4n) is 1.57. The van der Waals surface area contributed by atoms with Crippen LogP contribution in [0.1, 0.15) is 13.8 Å². The predicted molar refractivity (Wildman–Crippen MR) is 72.3 cm³/mol. The third kappa shape index (κ3) is 4.29. The van der Waals surface area contributed by atoms with Gasteiger partial charge >= 0.3 is 0 Å². The van der Waals surface area contributed by atoms with Crippen LogP contribution in [0.25, 0.3) is 0 Å². The summed E-state index contributed by atoms with van der Waals surface area (Å²) in [6.45, 7) is 4.89. The Balaban J connectivity index is 2.78. The van der Waals surface area contributed by atoms with Gasteiger partial charge in [-0.1, -0.05) is 0 Å². The van der Waals surface area contributed by atoms with Crippen LogP contribution in [0.15, 0.2) is 29.2 Å². The highest BCUT2D eigenvalue weighted by molar-refractivity contribution is 7.89.